The molecule has 28 heavy (non-hydrogen) atoms. The predicted molar refractivity (Wildman–Crippen MR) is 97.9 cm³/mol. The summed E-state index contributed by atoms with van der Waals surface area (Å²) in [5.41, 5.74) is 0.854. The molecule has 152 valence electrons. The summed E-state index contributed by atoms with van der Waals surface area (Å²) < 4.78 is 28.8. The highest BCUT2D eigenvalue weighted by Crippen LogP contribution is 2.14. The zero-order chi connectivity index (χ0) is 19.8. The van der Waals surface area contributed by atoms with Gasteiger partial charge in [-0.1, -0.05) is 17.3 Å². The molecule has 2 aromatic rings. The van der Waals surface area contributed by atoms with Crippen LogP contribution < -0.4 is 5.32 Å². The Morgan fingerprint density at radius 3 is 3.00 bits per heavy atom. The van der Waals surface area contributed by atoms with E-state index in [4.69, 9.17) is 14.0 Å². The number of likely N-dealkylation sites (tertiary alicyclic amines) is 1. The summed E-state index contributed by atoms with van der Waals surface area (Å²) >= 11 is 0. The van der Waals surface area contributed by atoms with E-state index in [9.17, 15) is 9.18 Å². The van der Waals surface area contributed by atoms with Gasteiger partial charge in [0, 0.05) is 33.2 Å². The number of nitrogens with one attached hydrogen (secondary N) is 1. The van der Waals surface area contributed by atoms with Crippen molar-refractivity contribution >= 4 is 6.03 Å². The minimum Gasteiger partial charge on any atom is -0.376 e. The number of hydrogen-bond acceptors (Lipinski definition) is 6. The van der Waals surface area contributed by atoms with E-state index in [1.807, 2.05) is 0 Å². The molecule has 1 aromatic heterocycles. The monoisotopic (exact) mass is 392 g/mol. The lowest BCUT2D eigenvalue weighted by Crippen LogP contribution is -2.47. The Hall–Kier alpha value is -2.52. The Kier molecular flexibility index (Phi) is 7.32. The number of rotatable bonds is 8. The first kappa shape index (κ1) is 20.2. The molecule has 1 aliphatic rings. The molecule has 1 aliphatic heterocycles. The maximum absolute atomic E-state index is 12.9. The number of hydrogen-bond donors (Lipinski definition) is 1. The van der Waals surface area contributed by atoms with Crippen LogP contribution in [0, 0.1) is 5.82 Å². The molecule has 1 unspecified atom stereocenters. The largest absolute Gasteiger partial charge is 0.376 e. The van der Waals surface area contributed by atoms with Gasteiger partial charge in [-0.2, -0.15) is 4.98 Å². The van der Waals surface area contributed by atoms with Gasteiger partial charge in [0.05, 0.1) is 12.7 Å². The van der Waals surface area contributed by atoms with E-state index in [0.29, 0.717) is 51.0 Å². The summed E-state index contributed by atoms with van der Waals surface area (Å²) in [5, 5.41) is 6.75. The average Bonchev–Trinajstić information content (AvgIpc) is 3.15. The van der Waals surface area contributed by atoms with Crippen LogP contribution in [0.5, 0.6) is 0 Å². The van der Waals surface area contributed by atoms with Gasteiger partial charge in [0.25, 0.3) is 5.89 Å². The number of nitrogens with zero attached hydrogens (tertiary/aromatic N) is 3. The molecule has 2 amide bonds. The molecule has 3 rings (SSSR count). The Labute approximate surface area is 163 Å². The van der Waals surface area contributed by atoms with Crippen LogP contribution >= 0.6 is 0 Å². The van der Waals surface area contributed by atoms with E-state index >= 15 is 0 Å². The maximum atomic E-state index is 12.9. The van der Waals surface area contributed by atoms with Gasteiger partial charge in [0.15, 0.2) is 5.82 Å². The smallest absolute Gasteiger partial charge is 0.317 e. The Morgan fingerprint density at radius 2 is 2.21 bits per heavy atom. The lowest BCUT2D eigenvalue weighted by molar-refractivity contribution is 0.0105. The fourth-order valence-corrected chi connectivity index (χ4v) is 3.04. The third-order valence-electron chi connectivity index (χ3n) is 4.48. The number of urea groups is 1. The fraction of sp³-hybridized carbons (Fsp3) is 0.526. The van der Waals surface area contributed by atoms with Crippen LogP contribution in [0.3, 0.4) is 0 Å². The fourth-order valence-electron chi connectivity index (χ4n) is 3.04. The second kappa shape index (κ2) is 10.1. The number of methoxy groups -OCH3 is 1. The van der Waals surface area contributed by atoms with Crippen LogP contribution in [0.1, 0.15) is 30.1 Å². The summed E-state index contributed by atoms with van der Waals surface area (Å²) in [6.07, 6.45) is 2.31. The Balaban J connectivity index is 1.39. The highest BCUT2D eigenvalue weighted by Gasteiger charge is 2.24. The second-order valence-corrected chi connectivity index (χ2v) is 6.65. The lowest BCUT2D eigenvalue weighted by Gasteiger charge is -2.32. The zero-order valence-corrected chi connectivity index (χ0v) is 15.9. The molecule has 0 spiro atoms. The minimum absolute atomic E-state index is 0.0179. The van der Waals surface area contributed by atoms with Gasteiger partial charge in [0.1, 0.15) is 12.4 Å². The molecule has 1 aromatic carbocycles. The van der Waals surface area contributed by atoms with Gasteiger partial charge in [-0.25, -0.2) is 9.18 Å². The number of benzene rings is 1. The molecule has 8 nitrogen and oxygen atoms in total. The lowest BCUT2D eigenvalue weighted by atomic mass is 10.1. The van der Waals surface area contributed by atoms with Crippen LogP contribution in [0.15, 0.2) is 28.8 Å². The third-order valence-corrected chi connectivity index (χ3v) is 4.48. The molecule has 0 saturated carbocycles. The molecular weight excluding hydrogens is 367 g/mol. The standard InChI is InChI=1S/C19H25FN4O4/c1-26-13-18-22-17(23-28-18)8-10-27-16-3-2-9-24(12-16)19(25)21-11-14-4-6-15(20)7-5-14/h4-7,16H,2-3,8-13H2,1H3,(H,21,25). The van der Waals surface area contributed by atoms with Gasteiger partial charge in [-0.15, -0.1) is 0 Å². The van der Waals surface area contributed by atoms with Gasteiger partial charge in [-0.3, -0.25) is 0 Å². The highest BCUT2D eigenvalue weighted by molar-refractivity contribution is 5.74. The van der Waals surface area contributed by atoms with Gasteiger partial charge in [-0.05, 0) is 30.5 Å². The van der Waals surface area contributed by atoms with Crippen LogP contribution in [0.4, 0.5) is 9.18 Å². The SMILES string of the molecule is COCc1nc(CCOC2CCCN(C(=O)NCc3ccc(F)cc3)C2)no1. The van der Waals surface area contributed by atoms with E-state index in [-0.39, 0.29) is 18.0 Å². The molecule has 9 heteroatoms. The summed E-state index contributed by atoms with van der Waals surface area (Å²) in [5.74, 6) is 0.734. The van der Waals surface area contributed by atoms with Crippen molar-refractivity contribution in [2.45, 2.75) is 38.5 Å². The molecule has 0 aliphatic carbocycles. The summed E-state index contributed by atoms with van der Waals surface area (Å²) in [7, 11) is 1.57. The van der Waals surface area contributed by atoms with Crippen LogP contribution in [0.2, 0.25) is 0 Å². The topological polar surface area (TPSA) is 89.7 Å². The number of ether oxygens (including phenoxy) is 2. The maximum Gasteiger partial charge on any atom is 0.317 e. The van der Waals surface area contributed by atoms with Gasteiger partial charge >= 0.3 is 6.03 Å². The van der Waals surface area contributed by atoms with Crippen LogP contribution in [0.25, 0.3) is 0 Å². The molecule has 2 heterocycles. The zero-order valence-electron chi connectivity index (χ0n) is 15.9. The molecule has 1 fully saturated rings. The second-order valence-electron chi connectivity index (χ2n) is 6.65. The van der Waals surface area contributed by atoms with E-state index in [1.165, 1.54) is 12.1 Å². The Morgan fingerprint density at radius 1 is 1.39 bits per heavy atom. The molecule has 0 bridgehead atoms. The number of halogens is 1. The van der Waals surface area contributed by atoms with Crippen molar-refractivity contribution in [3.8, 4) is 0 Å². The number of piperidine rings is 1. The van der Waals surface area contributed by atoms with Crippen molar-refractivity contribution in [3.63, 3.8) is 0 Å². The van der Waals surface area contributed by atoms with Crippen molar-refractivity contribution in [2.75, 3.05) is 26.8 Å². The van der Waals surface area contributed by atoms with Gasteiger partial charge in [0.2, 0.25) is 0 Å². The number of carbonyl (C=O) groups excluding carboxylic acids is 1. The number of amides is 2. The normalized spacial score (nSPS) is 16.9. The summed E-state index contributed by atoms with van der Waals surface area (Å²) in [4.78, 5) is 18.3. The Bertz CT molecular complexity index is 753. The van der Waals surface area contributed by atoms with Gasteiger partial charge < -0.3 is 24.2 Å². The minimum atomic E-state index is -0.290. The first-order valence-corrected chi connectivity index (χ1v) is 9.33. The van der Waals surface area contributed by atoms with E-state index < -0.39 is 0 Å². The van der Waals surface area contributed by atoms with E-state index in [1.54, 1.807) is 24.1 Å². The molecule has 1 N–H and O–H groups in total. The quantitative estimate of drug-likeness (QED) is 0.741. The van der Waals surface area contributed by atoms with Crippen molar-refractivity contribution in [1.82, 2.24) is 20.4 Å². The average molecular weight is 392 g/mol. The summed E-state index contributed by atoms with van der Waals surface area (Å²) in [6.45, 7) is 2.35. The van der Waals surface area contributed by atoms with E-state index in [2.05, 4.69) is 15.5 Å². The van der Waals surface area contributed by atoms with Crippen molar-refractivity contribution < 1.29 is 23.2 Å². The van der Waals surface area contributed by atoms with Crippen molar-refractivity contribution in [2.24, 2.45) is 0 Å². The molecule has 1 saturated heterocycles. The van der Waals surface area contributed by atoms with Crippen molar-refractivity contribution in [3.05, 3.63) is 47.4 Å². The number of carbonyl (C=O) groups is 1. The predicted octanol–water partition coefficient (Wildman–Crippen LogP) is 2.29. The molecular formula is C19H25FN4O4. The first-order valence-electron chi connectivity index (χ1n) is 9.33. The highest BCUT2D eigenvalue weighted by atomic mass is 19.1. The molecule has 1 atom stereocenters. The first-order chi connectivity index (χ1) is 13.6. The number of aromatic nitrogens is 2. The summed E-state index contributed by atoms with van der Waals surface area (Å²) in [6, 6.07) is 5.95. The molecule has 0 radical (unpaired) electrons. The van der Waals surface area contributed by atoms with Crippen LogP contribution in [-0.4, -0.2) is 54.0 Å². The van der Waals surface area contributed by atoms with E-state index in [0.717, 1.165) is 18.4 Å². The third kappa shape index (κ3) is 6.00. The van der Waals surface area contributed by atoms with Crippen molar-refractivity contribution in [1.29, 1.82) is 0 Å². The van der Waals surface area contributed by atoms with Crippen LogP contribution in [-0.2, 0) is 29.0 Å².